The minimum atomic E-state index is -0.0470. The maximum atomic E-state index is 13.5. The van der Waals surface area contributed by atoms with E-state index in [0.717, 1.165) is 33.8 Å². The highest BCUT2D eigenvalue weighted by Crippen LogP contribution is 2.26. The summed E-state index contributed by atoms with van der Waals surface area (Å²) in [6.45, 7) is 3.96. The van der Waals surface area contributed by atoms with Crippen LogP contribution in [0.4, 0.5) is 0 Å². The van der Waals surface area contributed by atoms with E-state index in [0.29, 0.717) is 11.8 Å². The van der Waals surface area contributed by atoms with Gasteiger partial charge < -0.3 is 0 Å². The average molecular weight is 341 g/mol. The van der Waals surface area contributed by atoms with Crippen molar-refractivity contribution in [2.24, 2.45) is 0 Å². The van der Waals surface area contributed by atoms with E-state index in [1.165, 1.54) is 0 Å². The Morgan fingerprint density at radius 3 is 2.46 bits per heavy atom. The Kier molecular flexibility index (Phi) is 4.09. The first kappa shape index (κ1) is 16.2. The second-order valence-electron chi connectivity index (χ2n) is 6.25. The topological polar surface area (TPSA) is 47.8 Å². The summed E-state index contributed by atoms with van der Waals surface area (Å²) in [6, 6.07) is 19.4. The molecule has 4 nitrogen and oxygen atoms in total. The van der Waals surface area contributed by atoms with Gasteiger partial charge in [-0.05, 0) is 36.8 Å². The molecule has 0 saturated heterocycles. The predicted molar refractivity (Wildman–Crippen MR) is 105 cm³/mol. The van der Waals surface area contributed by atoms with Gasteiger partial charge in [-0.2, -0.15) is 0 Å². The molecule has 0 saturated carbocycles. The summed E-state index contributed by atoms with van der Waals surface area (Å²) in [5.41, 5.74) is 4.23. The van der Waals surface area contributed by atoms with Gasteiger partial charge in [-0.15, -0.1) is 0 Å². The quantitative estimate of drug-likeness (QED) is 0.557. The van der Waals surface area contributed by atoms with Crippen LogP contribution in [0.5, 0.6) is 0 Å². The molecule has 2 aromatic heterocycles. The maximum absolute atomic E-state index is 13.5. The monoisotopic (exact) mass is 341 g/mol. The van der Waals surface area contributed by atoms with Crippen molar-refractivity contribution < 1.29 is 0 Å². The molecule has 0 bridgehead atoms. The van der Waals surface area contributed by atoms with Gasteiger partial charge in [0, 0.05) is 23.9 Å². The van der Waals surface area contributed by atoms with Crippen LogP contribution in [0.15, 0.2) is 71.7 Å². The number of nitrogens with zero attached hydrogens (tertiary/aromatic N) is 3. The van der Waals surface area contributed by atoms with E-state index >= 15 is 0 Å². The van der Waals surface area contributed by atoms with Gasteiger partial charge in [-0.3, -0.25) is 14.3 Å². The fourth-order valence-electron chi connectivity index (χ4n) is 3.22. The third-order valence-electron chi connectivity index (χ3n) is 4.52. The van der Waals surface area contributed by atoms with Crippen LogP contribution < -0.4 is 5.56 Å². The minimum absolute atomic E-state index is 0.0470. The molecule has 0 spiro atoms. The normalized spacial score (nSPS) is 11.0. The average Bonchev–Trinajstić information content (AvgIpc) is 2.68. The SMILES string of the molecule is CCc1nc2cccc(-c3ccc(C)nc3)c2c(=O)n1-c1ccccc1. The highest BCUT2D eigenvalue weighted by molar-refractivity contribution is 5.94. The molecule has 0 aliphatic heterocycles. The van der Waals surface area contributed by atoms with Crippen molar-refractivity contribution in [1.29, 1.82) is 0 Å². The summed E-state index contributed by atoms with van der Waals surface area (Å²) < 4.78 is 1.72. The van der Waals surface area contributed by atoms with Crippen LogP contribution in [0.3, 0.4) is 0 Å². The molecule has 2 heterocycles. The number of aromatic nitrogens is 3. The fraction of sp³-hybridized carbons (Fsp3) is 0.136. The van der Waals surface area contributed by atoms with Crippen LogP contribution in [0, 0.1) is 6.92 Å². The zero-order valence-corrected chi connectivity index (χ0v) is 14.8. The highest BCUT2D eigenvalue weighted by atomic mass is 16.1. The first-order valence-corrected chi connectivity index (χ1v) is 8.72. The molecule has 0 unspecified atom stereocenters. The molecule has 26 heavy (non-hydrogen) atoms. The van der Waals surface area contributed by atoms with E-state index in [9.17, 15) is 4.79 Å². The molecule has 128 valence electrons. The smallest absolute Gasteiger partial charge is 0.266 e. The molecule has 4 rings (SSSR count). The lowest BCUT2D eigenvalue weighted by molar-refractivity contribution is 0.833. The Labute approximate surface area is 151 Å². The predicted octanol–water partition coefficient (Wildman–Crippen LogP) is 4.32. The lowest BCUT2D eigenvalue weighted by Crippen LogP contribution is -2.24. The van der Waals surface area contributed by atoms with Gasteiger partial charge >= 0.3 is 0 Å². The van der Waals surface area contributed by atoms with Gasteiger partial charge in [-0.1, -0.05) is 43.3 Å². The summed E-state index contributed by atoms with van der Waals surface area (Å²) in [6.07, 6.45) is 2.49. The minimum Gasteiger partial charge on any atom is -0.268 e. The molecule has 0 N–H and O–H groups in total. The number of para-hydroxylation sites is 1. The van der Waals surface area contributed by atoms with Crippen molar-refractivity contribution in [2.45, 2.75) is 20.3 Å². The lowest BCUT2D eigenvalue weighted by atomic mass is 10.0. The van der Waals surface area contributed by atoms with Crippen molar-refractivity contribution in [3.8, 4) is 16.8 Å². The lowest BCUT2D eigenvalue weighted by Gasteiger charge is -2.14. The van der Waals surface area contributed by atoms with E-state index in [1.54, 1.807) is 4.57 Å². The zero-order valence-electron chi connectivity index (χ0n) is 14.8. The number of hydrogen-bond acceptors (Lipinski definition) is 3. The fourth-order valence-corrected chi connectivity index (χ4v) is 3.22. The van der Waals surface area contributed by atoms with Gasteiger partial charge in [0.25, 0.3) is 5.56 Å². The Morgan fingerprint density at radius 2 is 1.77 bits per heavy atom. The van der Waals surface area contributed by atoms with Crippen LogP contribution in [-0.2, 0) is 6.42 Å². The van der Waals surface area contributed by atoms with E-state index < -0.39 is 0 Å². The third kappa shape index (κ3) is 2.69. The number of rotatable bonds is 3. The molecule has 2 aromatic carbocycles. The van der Waals surface area contributed by atoms with Crippen LogP contribution in [0.2, 0.25) is 0 Å². The number of pyridine rings is 1. The summed E-state index contributed by atoms with van der Waals surface area (Å²) in [7, 11) is 0. The first-order chi connectivity index (χ1) is 12.7. The van der Waals surface area contributed by atoms with E-state index in [-0.39, 0.29) is 5.56 Å². The molecule has 0 amide bonds. The summed E-state index contributed by atoms with van der Waals surface area (Å²) in [5.74, 6) is 0.757. The molecule has 0 aliphatic carbocycles. The zero-order chi connectivity index (χ0) is 18.1. The van der Waals surface area contributed by atoms with E-state index in [2.05, 4.69) is 4.98 Å². The van der Waals surface area contributed by atoms with Crippen molar-refractivity contribution in [3.05, 3.63) is 88.7 Å². The van der Waals surface area contributed by atoms with Crippen LogP contribution in [0.25, 0.3) is 27.7 Å². The number of fused-ring (bicyclic) bond motifs is 1. The van der Waals surface area contributed by atoms with Crippen LogP contribution in [0.1, 0.15) is 18.4 Å². The second-order valence-corrected chi connectivity index (χ2v) is 6.25. The van der Waals surface area contributed by atoms with Crippen LogP contribution >= 0.6 is 0 Å². The molecule has 0 atom stereocenters. The van der Waals surface area contributed by atoms with E-state index in [1.807, 2.05) is 80.7 Å². The molecule has 4 heteroatoms. The maximum Gasteiger partial charge on any atom is 0.266 e. The first-order valence-electron chi connectivity index (χ1n) is 8.72. The Morgan fingerprint density at radius 1 is 0.962 bits per heavy atom. The molecular weight excluding hydrogens is 322 g/mol. The van der Waals surface area contributed by atoms with Gasteiger partial charge in [0.15, 0.2) is 0 Å². The number of benzene rings is 2. The summed E-state index contributed by atoms with van der Waals surface area (Å²) >= 11 is 0. The van der Waals surface area contributed by atoms with Crippen molar-refractivity contribution in [3.63, 3.8) is 0 Å². The van der Waals surface area contributed by atoms with Crippen molar-refractivity contribution in [1.82, 2.24) is 14.5 Å². The molecule has 0 radical (unpaired) electrons. The number of aryl methyl sites for hydroxylation is 2. The van der Waals surface area contributed by atoms with Gasteiger partial charge in [0.05, 0.1) is 16.6 Å². The molecular formula is C22H19N3O. The van der Waals surface area contributed by atoms with Crippen molar-refractivity contribution in [2.75, 3.05) is 0 Å². The molecule has 4 aromatic rings. The Hall–Kier alpha value is -3.27. The Bertz CT molecular complexity index is 1130. The summed E-state index contributed by atoms with van der Waals surface area (Å²) in [4.78, 5) is 22.6. The number of hydrogen-bond donors (Lipinski definition) is 0. The van der Waals surface area contributed by atoms with Gasteiger partial charge in [0.2, 0.25) is 0 Å². The highest BCUT2D eigenvalue weighted by Gasteiger charge is 2.15. The van der Waals surface area contributed by atoms with Gasteiger partial charge in [0.1, 0.15) is 5.82 Å². The van der Waals surface area contributed by atoms with E-state index in [4.69, 9.17) is 4.98 Å². The molecule has 0 fully saturated rings. The van der Waals surface area contributed by atoms with Crippen molar-refractivity contribution >= 4 is 10.9 Å². The van der Waals surface area contributed by atoms with Crippen LogP contribution in [-0.4, -0.2) is 14.5 Å². The van der Waals surface area contributed by atoms with Gasteiger partial charge in [-0.25, -0.2) is 4.98 Å². The third-order valence-corrected chi connectivity index (χ3v) is 4.52. The standard InChI is InChI=1S/C22H19N3O/c1-3-20-24-19-11-7-10-18(16-13-12-15(2)23-14-16)21(19)22(26)25(20)17-8-5-4-6-9-17/h4-14H,3H2,1-2H3. The molecule has 0 aliphatic rings. The Balaban J connectivity index is 2.08. The largest absolute Gasteiger partial charge is 0.268 e. The second kappa shape index (κ2) is 6.56. The summed E-state index contributed by atoms with van der Waals surface area (Å²) in [5, 5.41) is 0.624.